The van der Waals surface area contributed by atoms with E-state index in [4.69, 9.17) is 0 Å². The van der Waals surface area contributed by atoms with E-state index in [1.54, 1.807) is 36.4 Å². The highest BCUT2D eigenvalue weighted by atomic mass is 32.2. The molecule has 1 aliphatic carbocycles. The molecule has 0 atom stereocenters. The Bertz CT molecular complexity index is 1290. The SMILES string of the molecule is Cc1ccc(S(=O)(=O)N(CCc2ccccc2)CC(=O)Nc2ccc(C3(C#N)CC3)cc2)cc1. The molecule has 7 heteroatoms. The summed E-state index contributed by atoms with van der Waals surface area (Å²) in [5.74, 6) is -0.419. The minimum atomic E-state index is -3.86. The van der Waals surface area contributed by atoms with E-state index in [2.05, 4.69) is 11.4 Å². The molecular weight excluding hydrogens is 446 g/mol. The van der Waals surface area contributed by atoms with Crippen LogP contribution < -0.4 is 5.32 Å². The van der Waals surface area contributed by atoms with Crippen LogP contribution >= 0.6 is 0 Å². The standard InChI is InChI=1S/C27H27N3O3S/c1-21-7-13-25(14-8-21)34(32,33)30(18-15-22-5-3-2-4-6-22)19-26(31)29-24-11-9-23(10-12-24)27(20-28)16-17-27/h2-14H,15-19H2,1H3,(H,29,31). The first-order chi connectivity index (χ1) is 16.3. The first kappa shape index (κ1) is 23.7. The number of sulfonamides is 1. The molecule has 0 saturated heterocycles. The predicted molar refractivity (Wildman–Crippen MR) is 132 cm³/mol. The third-order valence-corrected chi connectivity index (χ3v) is 8.02. The summed E-state index contributed by atoms with van der Waals surface area (Å²) in [5.41, 5.74) is 3.07. The first-order valence-corrected chi connectivity index (χ1v) is 12.7. The van der Waals surface area contributed by atoms with E-state index < -0.39 is 15.9 Å². The van der Waals surface area contributed by atoms with E-state index in [1.807, 2.05) is 49.4 Å². The van der Waals surface area contributed by atoms with Crippen molar-refractivity contribution in [2.24, 2.45) is 0 Å². The highest BCUT2D eigenvalue weighted by Gasteiger charge is 2.44. The Kier molecular flexibility index (Phi) is 6.82. The van der Waals surface area contributed by atoms with Gasteiger partial charge in [0.15, 0.2) is 0 Å². The fraction of sp³-hybridized carbons (Fsp3) is 0.259. The second kappa shape index (κ2) is 9.80. The molecule has 1 saturated carbocycles. The van der Waals surface area contributed by atoms with Gasteiger partial charge in [0.1, 0.15) is 0 Å². The summed E-state index contributed by atoms with van der Waals surface area (Å²) >= 11 is 0. The zero-order valence-electron chi connectivity index (χ0n) is 19.1. The van der Waals surface area contributed by atoms with Gasteiger partial charge in [-0.1, -0.05) is 60.2 Å². The number of nitriles is 1. The zero-order chi connectivity index (χ0) is 24.2. The van der Waals surface area contributed by atoms with Crippen molar-refractivity contribution in [3.63, 3.8) is 0 Å². The summed E-state index contributed by atoms with van der Waals surface area (Å²) in [6.45, 7) is 1.77. The minimum absolute atomic E-state index is 0.162. The van der Waals surface area contributed by atoms with Gasteiger partial charge in [0.05, 0.1) is 22.9 Å². The number of aryl methyl sites for hydroxylation is 1. The first-order valence-electron chi connectivity index (χ1n) is 11.2. The molecule has 1 aliphatic rings. The van der Waals surface area contributed by atoms with E-state index >= 15 is 0 Å². The molecule has 0 heterocycles. The second-order valence-corrected chi connectivity index (χ2v) is 10.6. The molecule has 0 unspecified atom stereocenters. The lowest BCUT2D eigenvalue weighted by Gasteiger charge is -2.22. The van der Waals surface area contributed by atoms with Crippen molar-refractivity contribution >= 4 is 21.6 Å². The third kappa shape index (κ3) is 5.36. The molecule has 0 aliphatic heterocycles. The van der Waals surface area contributed by atoms with Gasteiger partial charge in [-0.15, -0.1) is 0 Å². The van der Waals surface area contributed by atoms with Crippen molar-refractivity contribution in [2.75, 3.05) is 18.4 Å². The molecule has 1 amide bonds. The van der Waals surface area contributed by atoms with Crippen LogP contribution in [-0.2, 0) is 26.7 Å². The molecule has 174 valence electrons. The molecule has 6 nitrogen and oxygen atoms in total. The van der Waals surface area contributed by atoms with Crippen LogP contribution in [0.15, 0.2) is 83.8 Å². The van der Waals surface area contributed by atoms with E-state index in [9.17, 15) is 18.5 Å². The molecule has 3 aromatic rings. The highest BCUT2D eigenvalue weighted by Crippen LogP contribution is 2.47. The van der Waals surface area contributed by atoms with Gasteiger partial charge in [-0.3, -0.25) is 4.79 Å². The maximum Gasteiger partial charge on any atom is 0.243 e. The molecule has 34 heavy (non-hydrogen) atoms. The fourth-order valence-corrected chi connectivity index (χ4v) is 5.26. The average molecular weight is 474 g/mol. The maximum absolute atomic E-state index is 13.4. The van der Waals surface area contributed by atoms with Crippen LogP contribution in [0.5, 0.6) is 0 Å². The Morgan fingerprint density at radius 3 is 2.24 bits per heavy atom. The van der Waals surface area contributed by atoms with E-state index in [0.717, 1.165) is 29.5 Å². The molecule has 4 rings (SSSR count). The summed E-state index contributed by atoms with van der Waals surface area (Å²) in [4.78, 5) is 13.0. The molecule has 1 N–H and O–H groups in total. The Balaban J connectivity index is 1.49. The Morgan fingerprint density at radius 1 is 1.00 bits per heavy atom. The largest absolute Gasteiger partial charge is 0.325 e. The minimum Gasteiger partial charge on any atom is -0.325 e. The van der Waals surface area contributed by atoms with Crippen molar-refractivity contribution in [1.29, 1.82) is 5.26 Å². The van der Waals surface area contributed by atoms with Crippen LogP contribution in [-0.4, -0.2) is 31.7 Å². The van der Waals surface area contributed by atoms with Crippen LogP contribution in [0.4, 0.5) is 5.69 Å². The molecular formula is C27H27N3O3S. The number of amides is 1. The molecule has 1 fully saturated rings. The molecule has 3 aromatic carbocycles. The molecule has 0 spiro atoms. The van der Waals surface area contributed by atoms with Gasteiger partial charge >= 0.3 is 0 Å². The summed E-state index contributed by atoms with van der Waals surface area (Å²) in [7, 11) is -3.86. The third-order valence-electron chi connectivity index (χ3n) is 6.16. The number of carbonyl (C=O) groups excluding carboxylic acids is 1. The van der Waals surface area contributed by atoms with Gasteiger partial charge in [-0.25, -0.2) is 8.42 Å². The van der Waals surface area contributed by atoms with E-state index in [-0.39, 0.29) is 23.4 Å². The van der Waals surface area contributed by atoms with Crippen molar-refractivity contribution in [3.8, 4) is 6.07 Å². The Hall–Kier alpha value is -3.47. The number of anilines is 1. The summed E-state index contributed by atoms with van der Waals surface area (Å²) < 4.78 is 28.0. The van der Waals surface area contributed by atoms with Gasteiger partial charge < -0.3 is 5.32 Å². The van der Waals surface area contributed by atoms with Crippen LogP contribution in [0.3, 0.4) is 0 Å². The molecule has 0 radical (unpaired) electrons. The smallest absolute Gasteiger partial charge is 0.243 e. The van der Waals surface area contributed by atoms with Crippen LogP contribution in [0, 0.1) is 18.3 Å². The van der Waals surface area contributed by atoms with E-state index in [1.165, 1.54) is 4.31 Å². The van der Waals surface area contributed by atoms with Crippen molar-refractivity contribution < 1.29 is 13.2 Å². The fourth-order valence-electron chi connectivity index (χ4n) is 3.87. The lowest BCUT2D eigenvalue weighted by atomic mass is 9.98. The Labute approximate surface area is 200 Å². The second-order valence-electron chi connectivity index (χ2n) is 8.71. The van der Waals surface area contributed by atoms with Crippen LogP contribution in [0.1, 0.15) is 29.5 Å². The number of rotatable bonds is 9. The number of benzene rings is 3. The lowest BCUT2D eigenvalue weighted by Crippen LogP contribution is -2.39. The van der Waals surface area contributed by atoms with Gasteiger partial charge in [0.2, 0.25) is 15.9 Å². The van der Waals surface area contributed by atoms with Crippen LogP contribution in [0.25, 0.3) is 0 Å². The van der Waals surface area contributed by atoms with Crippen molar-refractivity contribution in [2.45, 2.75) is 36.5 Å². The van der Waals surface area contributed by atoms with Gasteiger partial charge in [0.25, 0.3) is 0 Å². The zero-order valence-corrected chi connectivity index (χ0v) is 19.9. The van der Waals surface area contributed by atoms with Gasteiger partial charge in [-0.05, 0) is 61.6 Å². The molecule has 0 bridgehead atoms. The van der Waals surface area contributed by atoms with Gasteiger partial charge in [-0.2, -0.15) is 9.57 Å². The number of nitrogens with zero attached hydrogens (tertiary/aromatic N) is 2. The van der Waals surface area contributed by atoms with Gasteiger partial charge in [0, 0.05) is 12.2 Å². The lowest BCUT2D eigenvalue weighted by molar-refractivity contribution is -0.116. The monoisotopic (exact) mass is 473 g/mol. The highest BCUT2D eigenvalue weighted by molar-refractivity contribution is 7.89. The van der Waals surface area contributed by atoms with E-state index in [0.29, 0.717) is 12.1 Å². The van der Waals surface area contributed by atoms with Crippen molar-refractivity contribution in [3.05, 3.63) is 95.6 Å². The number of carbonyl (C=O) groups is 1. The van der Waals surface area contributed by atoms with Crippen molar-refractivity contribution in [1.82, 2.24) is 4.31 Å². The summed E-state index contributed by atoms with van der Waals surface area (Å²) in [5, 5.41) is 12.2. The molecule has 0 aromatic heterocycles. The quantitative estimate of drug-likeness (QED) is 0.498. The number of hydrogen-bond acceptors (Lipinski definition) is 4. The number of nitrogens with one attached hydrogen (secondary N) is 1. The topological polar surface area (TPSA) is 90.3 Å². The predicted octanol–water partition coefficient (Wildman–Crippen LogP) is 4.42. The van der Waals surface area contributed by atoms with Crippen LogP contribution in [0.2, 0.25) is 0 Å². The maximum atomic E-state index is 13.4. The number of hydrogen-bond donors (Lipinski definition) is 1. The average Bonchev–Trinajstić information content (AvgIpc) is 3.64. The summed E-state index contributed by atoms with van der Waals surface area (Å²) in [6.07, 6.45) is 2.19. The summed E-state index contributed by atoms with van der Waals surface area (Å²) in [6, 6.07) is 25.8. The Morgan fingerprint density at radius 2 is 1.65 bits per heavy atom. The normalized spacial score (nSPS) is 14.4.